The number of halogens is 2. The number of nitrogens with one attached hydrogen (secondary N) is 1. The van der Waals surface area contributed by atoms with E-state index < -0.39 is 0 Å². The van der Waals surface area contributed by atoms with Gasteiger partial charge in [-0.1, -0.05) is 13.0 Å². The SMILES string of the molecule is CCCNC(c1cc(F)ccc1C)c1ccoc1Br. The van der Waals surface area contributed by atoms with Crippen molar-refractivity contribution >= 4 is 15.9 Å². The van der Waals surface area contributed by atoms with E-state index in [4.69, 9.17) is 4.42 Å². The first kappa shape index (κ1) is 14.3. The number of benzene rings is 1. The first-order valence-corrected chi connectivity index (χ1v) is 7.15. The van der Waals surface area contributed by atoms with Crippen LogP contribution in [-0.2, 0) is 0 Å². The summed E-state index contributed by atoms with van der Waals surface area (Å²) in [5, 5.41) is 3.44. The van der Waals surface area contributed by atoms with Gasteiger partial charge >= 0.3 is 0 Å². The zero-order chi connectivity index (χ0) is 13.8. The van der Waals surface area contributed by atoms with Gasteiger partial charge in [0.2, 0.25) is 0 Å². The monoisotopic (exact) mass is 325 g/mol. The Morgan fingerprint density at radius 1 is 1.32 bits per heavy atom. The fourth-order valence-electron chi connectivity index (χ4n) is 2.11. The molecular formula is C15H17BrFNO. The topological polar surface area (TPSA) is 25.2 Å². The van der Waals surface area contributed by atoms with E-state index >= 15 is 0 Å². The lowest BCUT2D eigenvalue weighted by molar-refractivity contribution is 0.522. The average Bonchev–Trinajstić information content (AvgIpc) is 2.80. The van der Waals surface area contributed by atoms with Crippen LogP contribution in [0.5, 0.6) is 0 Å². The number of furan rings is 1. The highest BCUT2D eigenvalue weighted by Gasteiger charge is 2.20. The minimum absolute atomic E-state index is 0.0659. The van der Waals surface area contributed by atoms with E-state index in [1.807, 2.05) is 13.0 Å². The normalized spacial score (nSPS) is 12.6. The molecule has 1 heterocycles. The van der Waals surface area contributed by atoms with E-state index in [2.05, 4.69) is 28.2 Å². The Morgan fingerprint density at radius 2 is 2.11 bits per heavy atom. The largest absolute Gasteiger partial charge is 0.457 e. The number of aryl methyl sites for hydroxylation is 1. The van der Waals surface area contributed by atoms with Crippen molar-refractivity contribution in [3.8, 4) is 0 Å². The Balaban J connectivity index is 2.42. The van der Waals surface area contributed by atoms with Gasteiger partial charge in [-0.3, -0.25) is 0 Å². The van der Waals surface area contributed by atoms with E-state index in [1.54, 1.807) is 18.4 Å². The summed E-state index contributed by atoms with van der Waals surface area (Å²) in [4.78, 5) is 0. The van der Waals surface area contributed by atoms with Crippen LogP contribution in [0.2, 0.25) is 0 Å². The summed E-state index contributed by atoms with van der Waals surface area (Å²) in [6.45, 7) is 4.95. The molecule has 1 N–H and O–H groups in total. The molecule has 0 bridgehead atoms. The summed E-state index contributed by atoms with van der Waals surface area (Å²) >= 11 is 3.40. The van der Waals surface area contributed by atoms with E-state index in [0.29, 0.717) is 4.67 Å². The fraction of sp³-hybridized carbons (Fsp3) is 0.333. The van der Waals surface area contributed by atoms with Crippen molar-refractivity contribution in [2.75, 3.05) is 6.54 Å². The van der Waals surface area contributed by atoms with E-state index in [0.717, 1.165) is 29.7 Å². The Labute approximate surface area is 121 Å². The van der Waals surface area contributed by atoms with Crippen LogP contribution in [0.3, 0.4) is 0 Å². The van der Waals surface area contributed by atoms with Gasteiger partial charge in [0.1, 0.15) is 5.82 Å². The highest BCUT2D eigenvalue weighted by Crippen LogP contribution is 2.31. The fourth-order valence-corrected chi connectivity index (χ4v) is 2.58. The van der Waals surface area contributed by atoms with Gasteiger partial charge < -0.3 is 9.73 Å². The summed E-state index contributed by atoms with van der Waals surface area (Å²) in [6, 6.07) is 6.72. The Hall–Kier alpha value is -1.13. The summed E-state index contributed by atoms with van der Waals surface area (Å²) in [6.07, 6.45) is 2.65. The second-order valence-electron chi connectivity index (χ2n) is 4.54. The lowest BCUT2D eigenvalue weighted by Crippen LogP contribution is -2.24. The molecule has 1 aromatic heterocycles. The summed E-state index contributed by atoms with van der Waals surface area (Å²) in [5.41, 5.74) is 2.99. The maximum absolute atomic E-state index is 13.5. The maximum Gasteiger partial charge on any atom is 0.174 e. The highest BCUT2D eigenvalue weighted by atomic mass is 79.9. The van der Waals surface area contributed by atoms with E-state index in [1.165, 1.54) is 6.07 Å². The highest BCUT2D eigenvalue weighted by molar-refractivity contribution is 9.10. The molecule has 1 atom stereocenters. The van der Waals surface area contributed by atoms with Crippen LogP contribution in [-0.4, -0.2) is 6.54 Å². The van der Waals surface area contributed by atoms with Crippen molar-refractivity contribution in [2.45, 2.75) is 26.3 Å². The molecule has 2 rings (SSSR count). The summed E-state index contributed by atoms with van der Waals surface area (Å²) < 4.78 is 19.5. The molecule has 0 radical (unpaired) electrons. The molecule has 0 saturated heterocycles. The zero-order valence-electron chi connectivity index (χ0n) is 11.0. The molecule has 0 spiro atoms. The van der Waals surface area contributed by atoms with Crippen molar-refractivity contribution in [3.63, 3.8) is 0 Å². The third-order valence-electron chi connectivity index (χ3n) is 3.11. The Bertz CT molecular complexity index is 553. The van der Waals surface area contributed by atoms with Gasteiger partial charge in [0.15, 0.2) is 4.67 Å². The molecule has 1 unspecified atom stereocenters. The van der Waals surface area contributed by atoms with Crippen molar-refractivity contribution in [1.82, 2.24) is 5.32 Å². The van der Waals surface area contributed by atoms with E-state index in [9.17, 15) is 4.39 Å². The minimum Gasteiger partial charge on any atom is -0.457 e. The quantitative estimate of drug-likeness (QED) is 0.870. The Kier molecular flexibility index (Phi) is 4.77. The molecule has 0 saturated carbocycles. The van der Waals surface area contributed by atoms with Crippen LogP contribution in [0.1, 0.15) is 36.1 Å². The minimum atomic E-state index is -0.219. The number of rotatable bonds is 5. The molecule has 0 aliphatic carbocycles. The third-order valence-corrected chi connectivity index (χ3v) is 3.75. The van der Waals surface area contributed by atoms with Gasteiger partial charge in [0.25, 0.3) is 0 Å². The third kappa shape index (κ3) is 3.25. The lowest BCUT2D eigenvalue weighted by atomic mass is 9.96. The molecule has 2 aromatic rings. The van der Waals surface area contributed by atoms with Crippen molar-refractivity contribution < 1.29 is 8.81 Å². The van der Waals surface area contributed by atoms with Crippen LogP contribution in [0, 0.1) is 12.7 Å². The van der Waals surface area contributed by atoms with Gasteiger partial charge in [0, 0.05) is 5.56 Å². The van der Waals surface area contributed by atoms with Crippen molar-refractivity contribution in [3.05, 3.63) is 57.7 Å². The molecule has 0 fully saturated rings. The predicted molar refractivity (Wildman–Crippen MR) is 77.7 cm³/mol. The molecule has 0 aliphatic heterocycles. The number of hydrogen-bond acceptors (Lipinski definition) is 2. The summed E-state index contributed by atoms with van der Waals surface area (Å²) in [7, 11) is 0. The van der Waals surface area contributed by atoms with Gasteiger partial charge in [-0.2, -0.15) is 0 Å². The van der Waals surface area contributed by atoms with Crippen LogP contribution < -0.4 is 5.32 Å². The smallest absolute Gasteiger partial charge is 0.174 e. The van der Waals surface area contributed by atoms with Crippen LogP contribution in [0.4, 0.5) is 4.39 Å². The van der Waals surface area contributed by atoms with Crippen LogP contribution in [0.15, 0.2) is 39.6 Å². The molecule has 4 heteroatoms. The molecule has 2 nitrogen and oxygen atoms in total. The van der Waals surface area contributed by atoms with Gasteiger partial charge in [-0.25, -0.2) is 4.39 Å². The van der Waals surface area contributed by atoms with Crippen LogP contribution >= 0.6 is 15.9 Å². The average molecular weight is 326 g/mol. The van der Waals surface area contributed by atoms with Gasteiger partial charge in [-0.05, 0) is 65.1 Å². The molecule has 102 valence electrons. The second kappa shape index (κ2) is 6.35. The first-order chi connectivity index (χ1) is 9.13. The van der Waals surface area contributed by atoms with Gasteiger partial charge in [0.05, 0.1) is 12.3 Å². The molecule has 1 aromatic carbocycles. The lowest BCUT2D eigenvalue weighted by Gasteiger charge is -2.20. The first-order valence-electron chi connectivity index (χ1n) is 6.35. The number of hydrogen-bond donors (Lipinski definition) is 1. The molecule has 0 amide bonds. The van der Waals surface area contributed by atoms with Crippen molar-refractivity contribution in [2.24, 2.45) is 0 Å². The van der Waals surface area contributed by atoms with Crippen molar-refractivity contribution in [1.29, 1.82) is 0 Å². The van der Waals surface area contributed by atoms with E-state index in [-0.39, 0.29) is 11.9 Å². The standard InChI is InChI=1S/C15H17BrFNO/c1-3-7-18-14(12-6-8-19-15(12)16)13-9-11(17)5-4-10(13)2/h4-6,8-9,14,18H,3,7H2,1-2H3. The van der Waals surface area contributed by atoms with Crippen LogP contribution in [0.25, 0.3) is 0 Å². The maximum atomic E-state index is 13.5. The molecule has 0 aliphatic rings. The predicted octanol–water partition coefficient (Wildman–Crippen LogP) is 4.58. The second-order valence-corrected chi connectivity index (χ2v) is 5.26. The summed E-state index contributed by atoms with van der Waals surface area (Å²) in [5.74, 6) is -0.219. The van der Waals surface area contributed by atoms with Gasteiger partial charge in [-0.15, -0.1) is 0 Å². The zero-order valence-corrected chi connectivity index (χ0v) is 12.6. The molecule has 19 heavy (non-hydrogen) atoms. The Morgan fingerprint density at radius 3 is 2.74 bits per heavy atom. The molecular weight excluding hydrogens is 309 g/mol.